The Morgan fingerprint density at radius 3 is 2.75 bits per heavy atom. The number of hydrogen-bond donors (Lipinski definition) is 3. The molecule has 0 aliphatic carbocycles. The third-order valence-corrected chi connectivity index (χ3v) is 5.08. The number of H-pyrrole nitrogens is 1. The van der Waals surface area contributed by atoms with Crippen molar-refractivity contribution < 1.29 is 9.59 Å². The number of aromatic nitrogens is 3. The van der Waals surface area contributed by atoms with Crippen molar-refractivity contribution >= 4 is 28.8 Å². The Morgan fingerprint density at radius 2 is 2.11 bits per heavy atom. The molecule has 0 aromatic carbocycles. The van der Waals surface area contributed by atoms with E-state index in [1.54, 1.807) is 17.3 Å². The van der Waals surface area contributed by atoms with Gasteiger partial charge >= 0.3 is 0 Å². The van der Waals surface area contributed by atoms with Gasteiger partial charge in [-0.25, -0.2) is 9.97 Å². The lowest BCUT2D eigenvalue weighted by Gasteiger charge is -2.39. The minimum absolute atomic E-state index is 0.0346. The lowest BCUT2D eigenvalue weighted by Crippen LogP contribution is -2.48. The third-order valence-electron chi connectivity index (χ3n) is 5.08. The van der Waals surface area contributed by atoms with Crippen LogP contribution >= 0.6 is 0 Å². The second-order valence-electron chi connectivity index (χ2n) is 7.97. The molecule has 2 amide bonds. The van der Waals surface area contributed by atoms with Gasteiger partial charge in [0.05, 0.1) is 11.8 Å². The highest BCUT2D eigenvalue weighted by Gasteiger charge is 2.31. The average Bonchev–Trinajstić information content (AvgIpc) is 3.09. The lowest BCUT2D eigenvalue weighted by atomic mass is 9.89. The number of carbonyl (C=O) groups excluding carboxylic acids is 2. The summed E-state index contributed by atoms with van der Waals surface area (Å²) in [6.07, 6.45) is 6.25. The highest BCUT2D eigenvalue weighted by Crippen LogP contribution is 2.27. The normalized spacial score (nSPS) is 16.2. The van der Waals surface area contributed by atoms with Crippen molar-refractivity contribution in [3.05, 3.63) is 30.6 Å². The van der Waals surface area contributed by atoms with Crippen LogP contribution in [0.1, 0.15) is 44.0 Å². The van der Waals surface area contributed by atoms with E-state index in [1.165, 1.54) is 6.08 Å². The summed E-state index contributed by atoms with van der Waals surface area (Å²) >= 11 is 0. The average molecular weight is 384 g/mol. The zero-order valence-corrected chi connectivity index (χ0v) is 16.7. The Hall–Kier alpha value is -2.90. The Bertz CT molecular complexity index is 880. The molecule has 3 heterocycles. The van der Waals surface area contributed by atoms with Crippen LogP contribution in [0.15, 0.2) is 25.0 Å². The van der Waals surface area contributed by atoms with Gasteiger partial charge in [-0.3, -0.25) is 9.59 Å². The van der Waals surface area contributed by atoms with Crippen LogP contribution in [0.4, 0.5) is 5.82 Å². The standard InChI is InChI=1S/C20H28N6O2/c1-5-16(27)26-8-6-20(4,7-9-26)25-15-12-22-18-17(24-15)14(11-21-18)19(28)23-10-13(2)3/h5,11-13H,1,6-10H2,2-4H3,(H,21,22)(H,23,28)(H,24,25). The zero-order valence-electron chi connectivity index (χ0n) is 16.7. The van der Waals surface area contributed by atoms with Crippen LogP contribution in [0.2, 0.25) is 0 Å². The molecule has 1 saturated heterocycles. The predicted octanol–water partition coefficient (Wildman–Crippen LogP) is 2.32. The van der Waals surface area contributed by atoms with Crippen LogP contribution in [0, 0.1) is 5.92 Å². The molecule has 8 heteroatoms. The van der Waals surface area contributed by atoms with Gasteiger partial charge < -0.3 is 20.5 Å². The summed E-state index contributed by atoms with van der Waals surface area (Å²) < 4.78 is 0. The number of likely N-dealkylation sites (tertiary alicyclic amines) is 1. The summed E-state index contributed by atoms with van der Waals surface area (Å²) in [4.78, 5) is 38.1. The Morgan fingerprint density at radius 1 is 1.39 bits per heavy atom. The first-order valence-electron chi connectivity index (χ1n) is 9.63. The van der Waals surface area contributed by atoms with Crippen molar-refractivity contribution in [2.45, 2.75) is 39.2 Å². The van der Waals surface area contributed by atoms with E-state index in [2.05, 4.69) is 39.1 Å². The van der Waals surface area contributed by atoms with Gasteiger partial charge in [0, 0.05) is 31.4 Å². The predicted molar refractivity (Wildman–Crippen MR) is 109 cm³/mol. The number of amides is 2. The van der Waals surface area contributed by atoms with E-state index in [0.29, 0.717) is 48.1 Å². The first kappa shape index (κ1) is 19.9. The van der Waals surface area contributed by atoms with Crippen molar-refractivity contribution in [2.75, 3.05) is 25.0 Å². The first-order valence-corrected chi connectivity index (χ1v) is 9.63. The minimum atomic E-state index is -0.198. The van der Waals surface area contributed by atoms with Gasteiger partial charge in [-0.15, -0.1) is 0 Å². The smallest absolute Gasteiger partial charge is 0.255 e. The van der Waals surface area contributed by atoms with E-state index in [-0.39, 0.29) is 17.4 Å². The molecule has 0 saturated carbocycles. The fraction of sp³-hybridized carbons (Fsp3) is 0.500. The van der Waals surface area contributed by atoms with Crippen LogP contribution in [-0.4, -0.2) is 56.8 Å². The van der Waals surface area contributed by atoms with Gasteiger partial charge in [0.15, 0.2) is 5.65 Å². The number of hydrogen-bond acceptors (Lipinski definition) is 5. The topological polar surface area (TPSA) is 103 Å². The Labute approximate surface area is 164 Å². The molecule has 1 aliphatic heterocycles. The van der Waals surface area contributed by atoms with E-state index in [1.807, 2.05) is 13.8 Å². The molecule has 0 spiro atoms. The Balaban J connectivity index is 1.73. The quantitative estimate of drug-likeness (QED) is 0.663. The first-order chi connectivity index (χ1) is 13.3. The number of nitrogens with one attached hydrogen (secondary N) is 3. The molecule has 0 bridgehead atoms. The maximum atomic E-state index is 12.5. The summed E-state index contributed by atoms with van der Waals surface area (Å²) in [5, 5.41) is 6.36. The third kappa shape index (κ3) is 4.32. The monoisotopic (exact) mass is 384 g/mol. The molecule has 3 rings (SSSR count). The zero-order chi connectivity index (χ0) is 20.3. The van der Waals surface area contributed by atoms with Crippen LogP contribution in [0.5, 0.6) is 0 Å². The lowest BCUT2D eigenvalue weighted by molar-refractivity contribution is -0.127. The fourth-order valence-electron chi connectivity index (χ4n) is 3.30. The largest absolute Gasteiger partial charge is 0.363 e. The van der Waals surface area contributed by atoms with E-state index in [0.717, 1.165) is 12.8 Å². The van der Waals surface area contributed by atoms with Crippen LogP contribution in [0.25, 0.3) is 11.2 Å². The minimum Gasteiger partial charge on any atom is -0.363 e. The number of aromatic amines is 1. The highest BCUT2D eigenvalue weighted by atomic mass is 16.2. The van der Waals surface area contributed by atoms with Gasteiger partial charge in [0.2, 0.25) is 5.91 Å². The maximum Gasteiger partial charge on any atom is 0.255 e. The van der Waals surface area contributed by atoms with Gasteiger partial charge in [0.25, 0.3) is 5.91 Å². The number of carbonyl (C=O) groups is 2. The highest BCUT2D eigenvalue weighted by molar-refractivity contribution is 6.04. The van der Waals surface area contributed by atoms with E-state index in [9.17, 15) is 9.59 Å². The van der Waals surface area contributed by atoms with Gasteiger partial charge in [-0.2, -0.15) is 0 Å². The fourth-order valence-corrected chi connectivity index (χ4v) is 3.30. The summed E-state index contributed by atoms with van der Waals surface area (Å²) in [5.74, 6) is 0.800. The van der Waals surface area contributed by atoms with E-state index >= 15 is 0 Å². The number of rotatable bonds is 6. The van der Waals surface area contributed by atoms with Crippen molar-refractivity contribution in [2.24, 2.45) is 5.92 Å². The van der Waals surface area contributed by atoms with Crippen molar-refractivity contribution in [1.82, 2.24) is 25.2 Å². The summed E-state index contributed by atoms with van der Waals surface area (Å²) in [6, 6.07) is 0. The second-order valence-corrected chi connectivity index (χ2v) is 7.97. The van der Waals surface area contributed by atoms with Crippen LogP contribution in [0.3, 0.4) is 0 Å². The summed E-state index contributed by atoms with van der Waals surface area (Å²) in [7, 11) is 0. The van der Waals surface area contributed by atoms with Crippen molar-refractivity contribution in [1.29, 1.82) is 0 Å². The number of fused-ring (bicyclic) bond motifs is 1. The van der Waals surface area contributed by atoms with Gasteiger partial charge in [-0.05, 0) is 31.8 Å². The number of piperidine rings is 1. The molecule has 1 fully saturated rings. The summed E-state index contributed by atoms with van der Waals surface area (Å²) in [5.41, 5.74) is 1.42. The second kappa shape index (κ2) is 8.00. The molecule has 0 unspecified atom stereocenters. The molecule has 0 atom stereocenters. The summed E-state index contributed by atoms with van der Waals surface area (Å²) in [6.45, 7) is 11.7. The van der Waals surface area contributed by atoms with Gasteiger partial charge in [0.1, 0.15) is 11.3 Å². The molecule has 0 radical (unpaired) electrons. The molecule has 1 aliphatic rings. The molecular formula is C20H28N6O2. The molecule has 150 valence electrons. The van der Waals surface area contributed by atoms with E-state index < -0.39 is 0 Å². The van der Waals surface area contributed by atoms with Gasteiger partial charge in [-0.1, -0.05) is 20.4 Å². The Kier molecular flexibility index (Phi) is 5.67. The number of anilines is 1. The molecule has 8 nitrogen and oxygen atoms in total. The molecule has 3 N–H and O–H groups in total. The van der Waals surface area contributed by atoms with Crippen LogP contribution in [-0.2, 0) is 4.79 Å². The van der Waals surface area contributed by atoms with Crippen molar-refractivity contribution in [3.63, 3.8) is 0 Å². The maximum absolute atomic E-state index is 12.5. The number of nitrogens with zero attached hydrogens (tertiary/aromatic N) is 3. The van der Waals surface area contributed by atoms with Crippen molar-refractivity contribution in [3.8, 4) is 0 Å². The van der Waals surface area contributed by atoms with Crippen LogP contribution < -0.4 is 10.6 Å². The molecule has 2 aromatic heterocycles. The SMILES string of the molecule is C=CC(=O)N1CCC(C)(Nc2cnc3[nH]cc(C(=O)NCC(C)C)c3n2)CC1. The van der Waals surface area contributed by atoms with E-state index in [4.69, 9.17) is 0 Å². The molecule has 2 aromatic rings. The molecular weight excluding hydrogens is 356 g/mol. The molecule has 28 heavy (non-hydrogen) atoms.